The molecule has 0 aliphatic rings. The van der Waals surface area contributed by atoms with Crippen molar-refractivity contribution in [3.63, 3.8) is 0 Å². The van der Waals surface area contributed by atoms with Gasteiger partial charge in [0.2, 0.25) is 0 Å². The summed E-state index contributed by atoms with van der Waals surface area (Å²) in [6, 6.07) is 6.24. The molecule has 1 aromatic carbocycles. The van der Waals surface area contributed by atoms with Gasteiger partial charge in [-0.1, -0.05) is 15.9 Å². The van der Waals surface area contributed by atoms with Crippen LogP contribution in [0, 0.1) is 6.92 Å². The summed E-state index contributed by atoms with van der Waals surface area (Å²) in [5, 5.41) is 3.21. The molecular weight excluding hydrogens is 322 g/mol. The zero-order chi connectivity index (χ0) is 14.0. The molecule has 1 atom stereocenters. The van der Waals surface area contributed by atoms with Crippen LogP contribution in [0.3, 0.4) is 0 Å². The van der Waals surface area contributed by atoms with Gasteiger partial charge in [0.05, 0.1) is 17.2 Å². The molecule has 0 fully saturated rings. The predicted octanol–water partition coefficient (Wildman–Crippen LogP) is 3.87. The number of aromatic nitrogens is 1. The molecule has 102 valence electrons. The maximum atomic E-state index is 6.06. The monoisotopic (exact) mass is 339 g/mol. The van der Waals surface area contributed by atoms with E-state index in [0.717, 1.165) is 33.0 Å². The molecule has 0 aliphatic carbocycles. The molecule has 0 aliphatic heterocycles. The average molecular weight is 340 g/mol. The highest BCUT2D eigenvalue weighted by atomic mass is 79.9. The molecule has 0 saturated heterocycles. The third-order valence-electron chi connectivity index (χ3n) is 2.96. The van der Waals surface area contributed by atoms with Crippen molar-refractivity contribution in [2.75, 3.05) is 11.9 Å². The van der Waals surface area contributed by atoms with Crippen LogP contribution in [0.25, 0.3) is 0 Å². The van der Waals surface area contributed by atoms with E-state index >= 15 is 0 Å². The lowest BCUT2D eigenvalue weighted by Gasteiger charge is -2.23. The number of nitrogens with zero attached hydrogens (tertiary/aromatic N) is 2. The van der Waals surface area contributed by atoms with Crippen molar-refractivity contribution in [3.05, 3.63) is 44.3 Å². The molecule has 0 saturated carbocycles. The minimum Gasteiger partial charge on any atom is -0.368 e. The van der Waals surface area contributed by atoms with Gasteiger partial charge in [0.15, 0.2) is 0 Å². The van der Waals surface area contributed by atoms with Gasteiger partial charge >= 0.3 is 0 Å². The lowest BCUT2D eigenvalue weighted by molar-refractivity contribution is 0.796. The highest BCUT2D eigenvalue weighted by molar-refractivity contribution is 9.10. The van der Waals surface area contributed by atoms with Gasteiger partial charge in [-0.2, -0.15) is 0 Å². The fraction of sp³-hybridized carbons (Fsp3) is 0.357. The number of hydrogen-bond donors (Lipinski definition) is 1. The maximum absolute atomic E-state index is 6.06. The Balaban J connectivity index is 2.25. The molecule has 1 unspecified atom stereocenters. The van der Waals surface area contributed by atoms with E-state index in [1.54, 1.807) is 11.3 Å². The van der Waals surface area contributed by atoms with Crippen molar-refractivity contribution in [1.82, 2.24) is 4.98 Å². The van der Waals surface area contributed by atoms with E-state index in [1.807, 2.05) is 19.9 Å². The van der Waals surface area contributed by atoms with Gasteiger partial charge in [-0.25, -0.2) is 4.98 Å². The summed E-state index contributed by atoms with van der Waals surface area (Å²) in [4.78, 5) is 6.70. The molecule has 2 rings (SSSR count). The summed E-state index contributed by atoms with van der Waals surface area (Å²) in [5.74, 6) is 0. The van der Waals surface area contributed by atoms with Crippen LogP contribution < -0.4 is 10.6 Å². The highest BCUT2D eigenvalue weighted by Crippen LogP contribution is 2.28. The second-order valence-corrected chi connectivity index (χ2v) is 6.68. The van der Waals surface area contributed by atoms with E-state index in [2.05, 4.69) is 50.4 Å². The molecule has 0 bridgehead atoms. The van der Waals surface area contributed by atoms with Gasteiger partial charge in [-0.05, 0) is 37.6 Å². The number of rotatable bonds is 4. The van der Waals surface area contributed by atoms with Crippen LogP contribution in [0.15, 0.2) is 28.1 Å². The molecule has 0 radical (unpaired) electrons. The van der Waals surface area contributed by atoms with Gasteiger partial charge in [0.1, 0.15) is 0 Å². The standard InChI is InChI=1S/C14H18BrN3S/c1-9(16)13-6-11(15)4-5-14(13)18(3)7-12-8-19-10(2)17-12/h4-6,8-9H,7,16H2,1-3H3. The Labute approximate surface area is 126 Å². The summed E-state index contributed by atoms with van der Waals surface area (Å²) in [6.07, 6.45) is 0. The van der Waals surface area contributed by atoms with E-state index in [1.165, 1.54) is 0 Å². The average Bonchev–Trinajstić information content (AvgIpc) is 2.74. The van der Waals surface area contributed by atoms with Gasteiger partial charge in [-0.15, -0.1) is 11.3 Å². The Bertz CT molecular complexity index is 566. The van der Waals surface area contributed by atoms with Crippen LogP contribution in [-0.2, 0) is 6.54 Å². The van der Waals surface area contributed by atoms with E-state index in [4.69, 9.17) is 5.73 Å². The van der Waals surface area contributed by atoms with Gasteiger partial charge in [0, 0.05) is 28.6 Å². The van der Waals surface area contributed by atoms with Crippen LogP contribution >= 0.6 is 27.3 Å². The molecule has 2 N–H and O–H groups in total. The Hall–Kier alpha value is -0.910. The molecule has 0 amide bonds. The topological polar surface area (TPSA) is 42.2 Å². The smallest absolute Gasteiger partial charge is 0.0898 e. The largest absolute Gasteiger partial charge is 0.368 e. The quantitative estimate of drug-likeness (QED) is 0.919. The minimum absolute atomic E-state index is 0.00659. The number of hydrogen-bond acceptors (Lipinski definition) is 4. The van der Waals surface area contributed by atoms with Crippen LogP contribution in [0.4, 0.5) is 5.69 Å². The lowest BCUT2D eigenvalue weighted by Crippen LogP contribution is -2.20. The fourth-order valence-corrected chi connectivity index (χ4v) is 3.03. The van der Waals surface area contributed by atoms with Crippen LogP contribution in [-0.4, -0.2) is 12.0 Å². The highest BCUT2D eigenvalue weighted by Gasteiger charge is 2.12. The van der Waals surface area contributed by atoms with Crippen molar-refractivity contribution in [3.8, 4) is 0 Å². The van der Waals surface area contributed by atoms with Crippen molar-refractivity contribution in [1.29, 1.82) is 0 Å². The minimum atomic E-state index is 0.00659. The fourth-order valence-electron chi connectivity index (χ4n) is 2.05. The van der Waals surface area contributed by atoms with Crippen LogP contribution in [0.2, 0.25) is 0 Å². The third-order valence-corrected chi connectivity index (χ3v) is 4.27. The van der Waals surface area contributed by atoms with Gasteiger partial charge in [-0.3, -0.25) is 0 Å². The van der Waals surface area contributed by atoms with Crippen LogP contribution in [0.1, 0.15) is 29.2 Å². The summed E-state index contributed by atoms with van der Waals surface area (Å²) in [5.41, 5.74) is 9.46. The summed E-state index contributed by atoms with van der Waals surface area (Å²) in [7, 11) is 2.07. The Kier molecular flexibility index (Phi) is 4.60. The molecule has 5 heteroatoms. The SMILES string of the molecule is Cc1nc(CN(C)c2ccc(Br)cc2C(C)N)cs1. The normalized spacial score (nSPS) is 12.5. The summed E-state index contributed by atoms with van der Waals surface area (Å²) >= 11 is 5.18. The zero-order valence-electron chi connectivity index (χ0n) is 11.4. The van der Waals surface area contributed by atoms with E-state index in [9.17, 15) is 0 Å². The Morgan fingerprint density at radius 3 is 2.79 bits per heavy atom. The van der Waals surface area contributed by atoms with Gasteiger partial charge < -0.3 is 10.6 Å². The third kappa shape index (κ3) is 3.55. The first-order valence-electron chi connectivity index (χ1n) is 6.14. The van der Waals surface area contributed by atoms with Crippen molar-refractivity contribution in [2.24, 2.45) is 5.73 Å². The predicted molar refractivity (Wildman–Crippen MR) is 85.7 cm³/mol. The van der Waals surface area contributed by atoms with E-state index in [-0.39, 0.29) is 6.04 Å². The molecule has 1 aromatic heterocycles. The molecule has 19 heavy (non-hydrogen) atoms. The van der Waals surface area contributed by atoms with Crippen molar-refractivity contribution >= 4 is 33.0 Å². The Morgan fingerprint density at radius 1 is 1.47 bits per heavy atom. The molecule has 1 heterocycles. The van der Waals surface area contributed by atoms with Gasteiger partial charge in [0.25, 0.3) is 0 Å². The number of halogens is 1. The van der Waals surface area contributed by atoms with E-state index in [0.29, 0.717) is 0 Å². The zero-order valence-corrected chi connectivity index (χ0v) is 13.8. The number of aryl methyl sites for hydroxylation is 1. The van der Waals surface area contributed by atoms with Crippen molar-refractivity contribution in [2.45, 2.75) is 26.4 Å². The first-order valence-corrected chi connectivity index (χ1v) is 7.82. The first kappa shape index (κ1) is 14.5. The summed E-state index contributed by atoms with van der Waals surface area (Å²) in [6.45, 7) is 4.83. The second kappa shape index (κ2) is 6.03. The molecule has 2 aromatic rings. The number of thiazole rings is 1. The molecular formula is C14H18BrN3S. The van der Waals surface area contributed by atoms with Crippen molar-refractivity contribution < 1.29 is 0 Å². The van der Waals surface area contributed by atoms with Crippen LogP contribution in [0.5, 0.6) is 0 Å². The lowest BCUT2D eigenvalue weighted by atomic mass is 10.1. The van der Waals surface area contributed by atoms with E-state index < -0.39 is 0 Å². The maximum Gasteiger partial charge on any atom is 0.0898 e. The molecule has 3 nitrogen and oxygen atoms in total. The number of nitrogens with two attached hydrogens (primary N) is 1. The Morgan fingerprint density at radius 2 is 2.21 bits per heavy atom. The number of benzene rings is 1. The first-order chi connectivity index (χ1) is 8.97. The number of anilines is 1. The molecule has 0 spiro atoms. The second-order valence-electron chi connectivity index (χ2n) is 4.71. The summed E-state index contributed by atoms with van der Waals surface area (Å²) < 4.78 is 1.06.